The molecule has 1 amide bonds. The van der Waals surface area contributed by atoms with E-state index < -0.39 is 0 Å². The minimum Gasteiger partial charge on any atom is -0.497 e. The molecule has 4 rings (SSSR count). The highest BCUT2D eigenvalue weighted by molar-refractivity contribution is 7.17. The third-order valence-electron chi connectivity index (χ3n) is 4.85. The smallest absolute Gasteiger partial charge is 0.255 e. The van der Waals surface area contributed by atoms with Gasteiger partial charge < -0.3 is 14.8 Å². The summed E-state index contributed by atoms with van der Waals surface area (Å²) in [6.45, 7) is 2.35. The van der Waals surface area contributed by atoms with Crippen LogP contribution >= 0.6 is 11.3 Å². The predicted molar refractivity (Wildman–Crippen MR) is 114 cm³/mol. The third kappa shape index (κ3) is 3.73. The monoisotopic (exact) mass is 425 g/mol. The van der Waals surface area contributed by atoms with Crippen LogP contribution in [0.25, 0.3) is 16.2 Å². The molecule has 154 valence electrons. The largest absolute Gasteiger partial charge is 0.497 e. The van der Waals surface area contributed by atoms with Gasteiger partial charge in [0.25, 0.3) is 5.91 Å². The van der Waals surface area contributed by atoms with E-state index in [1.54, 1.807) is 37.4 Å². The maximum atomic E-state index is 13.2. The van der Waals surface area contributed by atoms with Crippen LogP contribution in [0.3, 0.4) is 0 Å². The fourth-order valence-electron chi connectivity index (χ4n) is 3.16. The number of methoxy groups -OCH3 is 2. The minimum absolute atomic E-state index is 0.247. The fraction of sp³-hybridized carbons (Fsp3) is 0.182. The van der Waals surface area contributed by atoms with Gasteiger partial charge in [-0.25, -0.2) is 9.37 Å². The standard InChI is InChI=1S/C22H20FN3O3S/c1-13-20(11-24-21(27)17-10-16(28-2)8-9-19(17)29-3)30-22-25-18(12-26(13)22)14-4-6-15(23)7-5-14/h4-10,12H,11H2,1-3H3,(H,24,27). The van der Waals surface area contributed by atoms with Crippen LogP contribution in [-0.2, 0) is 6.54 Å². The van der Waals surface area contributed by atoms with Gasteiger partial charge in [-0.05, 0) is 49.4 Å². The number of aromatic nitrogens is 2. The van der Waals surface area contributed by atoms with E-state index in [2.05, 4.69) is 10.3 Å². The Kier molecular flexibility index (Phi) is 5.41. The number of nitrogens with zero attached hydrogens (tertiary/aromatic N) is 2. The summed E-state index contributed by atoms with van der Waals surface area (Å²) in [5, 5.41) is 2.94. The molecule has 0 bridgehead atoms. The van der Waals surface area contributed by atoms with Crippen molar-refractivity contribution in [2.75, 3.05) is 14.2 Å². The Bertz CT molecular complexity index is 1210. The van der Waals surface area contributed by atoms with Crippen molar-refractivity contribution in [1.82, 2.24) is 14.7 Å². The number of aryl methyl sites for hydroxylation is 1. The summed E-state index contributed by atoms with van der Waals surface area (Å²) >= 11 is 1.50. The average Bonchev–Trinajstić information content (AvgIpc) is 3.31. The molecule has 0 radical (unpaired) electrons. The van der Waals surface area contributed by atoms with E-state index >= 15 is 0 Å². The van der Waals surface area contributed by atoms with Crippen LogP contribution in [0.2, 0.25) is 0 Å². The molecule has 0 fully saturated rings. The predicted octanol–water partition coefficient (Wildman–Crippen LogP) is 4.46. The molecule has 30 heavy (non-hydrogen) atoms. The second-order valence-corrected chi connectivity index (χ2v) is 7.71. The van der Waals surface area contributed by atoms with Gasteiger partial charge in [0, 0.05) is 22.3 Å². The highest BCUT2D eigenvalue weighted by Crippen LogP contribution is 2.28. The topological polar surface area (TPSA) is 64.9 Å². The van der Waals surface area contributed by atoms with E-state index in [0.29, 0.717) is 23.6 Å². The number of carbonyl (C=O) groups is 1. The first-order chi connectivity index (χ1) is 14.5. The first kappa shape index (κ1) is 19.9. The molecule has 0 spiro atoms. The number of hydrogen-bond donors (Lipinski definition) is 1. The Morgan fingerprint density at radius 3 is 2.60 bits per heavy atom. The summed E-state index contributed by atoms with van der Waals surface area (Å²) in [6, 6.07) is 11.4. The summed E-state index contributed by atoms with van der Waals surface area (Å²) < 4.78 is 25.6. The van der Waals surface area contributed by atoms with Crippen molar-refractivity contribution in [3.63, 3.8) is 0 Å². The molecule has 0 aliphatic rings. The lowest BCUT2D eigenvalue weighted by Crippen LogP contribution is -2.23. The highest BCUT2D eigenvalue weighted by Gasteiger charge is 2.16. The SMILES string of the molecule is COc1ccc(OC)c(C(=O)NCc2sc3nc(-c4ccc(F)cc4)cn3c2C)c1. The Hall–Kier alpha value is -3.39. The number of benzene rings is 2. The van der Waals surface area contributed by atoms with E-state index in [1.165, 1.54) is 30.6 Å². The van der Waals surface area contributed by atoms with Crippen LogP contribution in [0.15, 0.2) is 48.7 Å². The second kappa shape index (κ2) is 8.16. The van der Waals surface area contributed by atoms with Gasteiger partial charge in [0.1, 0.15) is 17.3 Å². The summed E-state index contributed by atoms with van der Waals surface area (Å²) in [5.74, 6) is 0.542. The third-order valence-corrected chi connectivity index (χ3v) is 6.01. The van der Waals surface area contributed by atoms with E-state index in [0.717, 1.165) is 26.8 Å². The summed E-state index contributed by atoms with van der Waals surface area (Å²) in [4.78, 5) is 19.2. The Labute approximate surface area is 176 Å². The van der Waals surface area contributed by atoms with Crippen molar-refractivity contribution in [3.8, 4) is 22.8 Å². The lowest BCUT2D eigenvalue weighted by molar-refractivity contribution is 0.0948. The van der Waals surface area contributed by atoms with Crippen molar-refractivity contribution in [1.29, 1.82) is 0 Å². The molecule has 8 heteroatoms. The van der Waals surface area contributed by atoms with E-state index in [-0.39, 0.29) is 11.7 Å². The molecule has 2 aromatic carbocycles. The number of fused-ring (bicyclic) bond motifs is 1. The second-order valence-electron chi connectivity index (χ2n) is 6.65. The van der Waals surface area contributed by atoms with Crippen molar-refractivity contribution >= 4 is 22.2 Å². The van der Waals surface area contributed by atoms with Gasteiger partial charge in [-0.1, -0.05) is 11.3 Å². The van der Waals surface area contributed by atoms with Gasteiger partial charge in [0.15, 0.2) is 4.96 Å². The molecule has 0 unspecified atom stereocenters. The van der Waals surface area contributed by atoms with Crippen LogP contribution in [0, 0.1) is 12.7 Å². The zero-order chi connectivity index (χ0) is 21.3. The van der Waals surface area contributed by atoms with Crippen LogP contribution in [-0.4, -0.2) is 29.5 Å². The molecular formula is C22H20FN3O3S. The van der Waals surface area contributed by atoms with Crippen LogP contribution in [0.4, 0.5) is 4.39 Å². The number of nitrogens with one attached hydrogen (secondary N) is 1. The number of amides is 1. The van der Waals surface area contributed by atoms with Crippen molar-refractivity contribution < 1.29 is 18.7 Å². The normalized spacial score (nSPS) is 10.9. The lowest BCUT2D eigenvalue weighted by Gasteiger charge is -2.10. The maximum absolute atomic E-state index is 13.2. The molecule has 0 saturated carbocycles. The molecular weight excluding hydrogens is 405 g/mol. The van der Waals surface area contributed by atoms with Crippen LogP contribution in [0.5, 0.6) is 11.5 Å². The molecule has 6 nitrogen and oxygen atoms in total. The zero-order valence-electron chi connectivity index (χ0n) is 16.7. The maximum Gasteiger partial charge on any atom is 0.255 e. The molecule has 0 aliphatic carbocycles. The number of halogens is 1. The number of hydrogen-bond acceptors (Lipinski definition) is 5. The first-order valence-electron chi connectivity index (χ1n) is 9.23. The lowest BCUT2D eigenvalue weighted by atomic mass is 10.1. The summed E-state index contributed by atoms with van der Waals surface area (Å²) in [7, 11) is 3.07. The Morgan fingerprint density at radius 1 is 1.17 bits per heavy atom. The molecule has 2 heterocycles. The molecule has 0 aliphatic heterocycles. The quantitative estimate of drug-likeness (QED) is 0.496. The van der Waals surface area contributed by atoms with E-state index in [9.17, 15) is 9.18 Å². The zero-order valence-corrected chi connectivity index (χ0v) is 17.5. The first-order valence-corrected chi connectivity index (χ1v) is 10.1. The van der Waals surface area contributed by atoms with Crippen molar-refractivity contribution in [2.45, 2.75) is 13.5 Å². The summed E-state index contributed by atoms with van der Waals surface area (Å²) in [6.07, 6.45) is 1.92. The number of rotatable bonds is 6. The highest BCUT2D eigenvalue weighted by atomic mass is 32.1. The summed E-state index contributed by atoms with van der Waals surface area (Å²) in [5.41, 5.74) is 3.04. The van der Waals surface area contributed by atoms with Gasteiger partial charge in [0.2, 0.25) is 0 Å². The van der Waals surface area contributed by atoms with Crippen LogP contribution in [0.1, 0.15) is 20.9 Å². The number of carbonyl (C=O) groups excluding carboxylic acids is 1. The van der Waals surface area contributed by atoms with Gasteiger partial charge in [-0.2, -0.15) is 0 Å². The van der Waals surface area contributed by atoms with Gasteiger partial charge >= 0.3 is 0 Å². The minimum atomic E-state index is -0.276. The van der Waals surface area contributed by atoms with E-state index in [4.69, 9.17) is 9.47 Å². The molecule has 4 aromatic rings. The van der Waals surface area contributed by atoms with Gasteiger partial charge in [-0.15, -0.1) is 0 Å². The molecule has 0 saturated heterocycles. The van der Waals surface area contributed by atoms with E-state index in [1.807, 2.05) is 17.5 Å². The van der Waals surface area contributed by atoms with Gasteiger partial charge in [0.05, 0.1) is 32.0 Å². The molecule has 2 aromatic heterocycles. The van der Waals surface area contributed by atoms with Crippen molar-refractivity contribution in [2.24, 2.45) is 0 Å². The number of thiazole rings is 1. The molecule has 0 atom stereocenters. The van der Waals surface area contributed by atoms with Crippen molar-refractivity contribution in [3.05, 3.63) is 70.6 Å². The average molecular weight is 425 g/mol. The number of ether oxygens (including phenoxy) is 2. The van der Waals surface area contributed by atoms with Gasteiger partial charge in [-0.3, -0.25) is 9.20 Å². The molecule has 1 N–H and O–H groups in total. The Morgan fingerprint density at radius 2 is 1.93 bits per heavy atom. The fourth-order valence-corrected chi connectivity index (χ4v) is 4.21. The van der Waals surface area contributed by atoms with Crippen LogP contribution < -0.4 is 14.8 Å². The Balaban J connectivity index is 1.53. The number of imidazole rings is 1.